The van der Waals surface area contributed by atoms with Gasteiger partial charge in [-0.15, -0.1) is 0 Å². The zero-order valence-corrected chi connectivity index (χ0v) is 15.2. The smallest absolute Gasteiger partial charge is 0.194 e. The van der Waals surface area contributed by atoms with E-state index in [1.165, 1.54) is 5.69 Å². The van der Waals surface area contributed by atoms with Crippen LogP contribution in [0.5, 0.6) is 0 Å². The second kappa shape index (κ2) is 9.34. The highest BCUT2D eigenvalue weighted by Gasteiger charge is 2.09. The van der Waals surface area contributed by atoms with Gasteiger partial charge >= 0.3 is 0 Å². The molecule has 0 saturated heterocycles. The number of nitrogens with one attached hydrogen (secondary N) is 1. The molecule has 0 fully saturated rings. The van der Waals surface area contributed by atoms with E-state index in [4.69, 9.17) is 0 Å². The average molecular weight is 361 g/mol. The zero-order valence-electron chi connectivity index (χ0n) is 12.8. The molecule has 114 valence electrons. The summed E-state index contributed by atoms with van der Waals surface area (Å²) in [6.07, 6.45) is 5.33. The van der Waals surface area contributed by atoms with Gasteiger partial charge in [-0.05, 0) is 47.3 Å². The largest absolute Gasteiger partial charge is 0.357 e. The van der Waals surface area contributed by atoms with Crippen molar-refractivity contribution in [2.75, 3.05) is 32.1 Å². The Morgan fingerprint density at radius 3 is 2.85 bits per heavy atom. The van der Waals surface area contributed by atoms with Gasteiger partial charge in [0.05, 0.1) is 6.54 Å². The minimum absolute atomic E-state index is 0.844. The summed E-state index contributed by atoms with van der Waals surface area (Å²) in [5, 5.41) is 3.35. The fourth-order valence-electron chi connectivity index (χ4n) is 1.90. The van der Waals surface area contributed by atoms with Crippen LogP contribution >= 0.6 is 27.7 Å². The molecule has 0 spiro atoms. The van der Waals surface area contributed by atoms with Crippen molar-refractivity contribution in [3.8, 4) is 0 Å². The van der Waals surface area contributed by atoms with Crippen LogP contribution in [0.4, 0.5) is 0 Å². The number of guanidine groups is 1. The summed E-state index contributed by atoms with van der Waals surface area (Å²) >= 11 is 5.38. The molecule has 1 aromatic rings. The van der Waals surface area contributed by atoms with Gasteiger partial charge in [0.1, 0.15) is 0 Å². The number of aliphatic imine (C=N–C) groups is 1. The van der Waals surface area contributed by atoms with Crippen LogP contribution in [0.15, 0.2) is 21.7 Å². The van der Waals surface area contributed by atoms with Gasteiger partial charge in [0.25, 0.3) is 0 Å². The molecule has 4 nitrogen and oxygen atoms in total. The lowest BCUT2D eigenvalue weighted by Gasteiger charge is -2.22. The van der Waals surface area contributed by atoms with Crippen LogP contribution in [0.25, 0.3) is 0 Å². The molecule has 1 aromatic heterocycles. The van der Waals surface area contributed by atoms with Crippen LogP contribution in [0.3, 0.4) is 0 Å². The molecule has 20 heavy (non-hydrogen) atoms. The second-order valence-corrected chi connectivity index (χ2v) is 6.60. The second-order valence-electron chi connectivity index (χ2n) is 4.70. The van der Waals surface area contributed by atoms with Gasteiger partial charge < -0.3 is 14.8 Å². The predicted octanol–water partition coefficient (Wildman–Crippen LogP) is 2.94. The molecule has 0 aliphatic heterocycles. The number of rotatable bonds is 7. The minimum Gasteiger partial charge on any atom is -0.357 e. The predicted molar refractivity (Wildman–Crippen MR) is 93.6 cm³/mol. The van der Waals surface area contributed by atoms with Crippen LogP contribution in [-0.2, 0) is 13.6 Å². The van der Waals surface area contributed by atoms with Gasteiger partial charge in [-0.25, -0.2) is 0 Å². The highest BCUT2D eigenvalue weighted by molar-refractivity contribution is 9.10. The SMILES string of the molecule is CCNC(=NCCCSC)N(C)Cc1cc(Br)cn1C. The first-order valence-electron chi connectivity index (χ1n) is 6.87. The Hall–Kier alpha value is -0.620. The maximum atomic E-state index is 4.68. The van der Waals surface area contributed by atoms with Crippen molar-refractivity contribution in [3.63, 3.8) is 0 Å². The molecule has 0 aliphatic carbocycles. The maximum Gasteiger partial charge on any atom is 0.194 e. The van der Waals surface area contributed by atoms with Crippen LogP contribution in [0.1, 0.15) is 19.0 Å². The lowest BCUT2D eigenvalue weighted by atomic mass is 10.4. The van der Waals surface area contributed by atoms with Crippen molar-refractivity contribution in [1.82, 2.24) is 14.8 Å². The first kappa shape index (κ1) is 17.4. The molecule has 0 aliphatic rings. The molecule has 0 saturated carbocycles. The summed E-state index contributed by atoms with van der Waals surface area (Å²) in [4.78, 5) is 6.85. The summed E-state index contributed by atoms with van der Waals surface area (Å²) in [5.74, 6) is 2.14. The number of aryl methyl sites for hydroxylation is 1. The third-order valence-electron chi connectivity index (χ3n) is 2.94. The molecule has 1 rings (SSSR count). The summed E-state index contributed by atoms with van der Waals surface area (Å²) in [5.41, 5.74) is 1.26. The molecule has 0 unspecified atom stereocenters. The van der Waals surface area contributed by atoms with Crippen molar-refractivity contribution in [1.29, 1.82) is 0 Å². The molecular weight excluding hydrogens is 336 g/mol. The van der Waals surface area contributed by atoms with Crippen LogP contribution in [0.2, 0.25) is 0 Å². The highest BCUT2D eigenvalue weighted by Crippen LogP contribution is 2.14. The zero-order chi connectivity index (χ0) is 15.0. The Balaban J connectivity index is 2.63. The summed E-state index contributed by atoms with van der Waals surface area (Å²) in [6, 6.07) is 2.15. The highest BCUT2D eigenvalue weighted by atomic mass is 79.9. The molecular formula is C14H25BrN4S. The van der Waals surface area contributed by atoms with Crippen LogP contribution in [0, 0.1) is 0 Å². The molecule has 6 heteroatoms. The molecule has 0 aromatic carbocycles. The van der Waals surface area contributed by atoms with Crippen molar-refractivity contribution in [2.45, 2.75) is 19.9 Å². The summed E-state index contributed by atoms with van der Waals surface area (Å²) in [7, 11) is 4.15. The number of halogens is 1. The lowest BCUT2D eigenvalue weighted by Crippen LogP contribution is -2.38. The van der Waals surface area contributed by atoms with Gasteiger partial charge in [-0.2, -0.15) is 11.8 Å². The monoisotopic (exact) mass is 360 g/mol. The first-order chi connectivity index (χ1) is 9.58. The number of nitrogens with zero attached hydrogens (tertiary/aromatic N) is 3. The topological polar surface area (TPSA) is 32.6 Å². The Bertz CT molecular complexity index is 431. The molecule has 0 amide bonds. The third-order valence-corrected chi connectivity index (χ3v) is 4.07. The number of thioether (sulfide) groups is 1. The van der Waals surface area contributed by atoms with Crippen LogP contribution in [-0.4, -0.2) is 47.6 Å². The van der Waals surface area contributed by atoms with E-state index in [9.17, 15) is 0 Å². The maximum absolute atomic E-state index is 4.68. The Morgan fingerprint density at radius 1 is 1.55 bits per heavy atom. The van der Waals surface area contributed by atoms with Gasteiger partial charge in [-0.1, -0.05) is 0 Å². The van der Waals surface area contributed by atoms with Gasteiger partial charge in [0.15, 0.2) is 5.96 Å². The Morgan fingerprint density at radius 2 is 2.30 bits per heavy atom. The molecule has 0 bridgehead atoms. The van der Waals surface area contributed by atoms with E-state index in [0.29, 0.717) is 0 Å². The van der Waals surface area contributed by atoms with Crippen molar-refractivity contribution < 1.29 is 0 Å². The van der Waals surface area contributed by atoms with Crippen molar-refractivity contribution in [3.05, 3.63) is 22.4 Å². The van der Waals surface area contributed by atoms with E-state index in [-0.39, 0.29) is 0 Å². The lowest BCUT2D eigenvalue weighted by molar-refractivity contribution is 0.462. The number of aromatic nitrogens is 1. The number of hydrogen-bond acceptors (Lipinski definition) is 2. The van der Waals surface area contributed by atoms with Crippen LogP contribution < -0.4 is 5.32 Å². The Labute approximate surface area is 135 Å². The van der Waals surface area contributed by atoms with E-state index in [1.807, 2.05) is 11.8 Å². The van der Waals surface area contributed by atoms with Gasteiger partial charge in [0, 0.05) is 43.5 Å². The van der Waals surface area contributed by atoms with E-state index >= 15 is 0 Å². The van der Waals surface area contributed by atoms with E-state index in [0.717, 1.165) is 42.2 Å². The van der Waals surface area contributed by atoms with E-state index < -0.39 is 0 Å². The first-order valence-corrected chi connectivity index (χ1v) is 9.06. The summed E-state index contributed by atoms with van der Waals surface area (Å²) in [6.45, 7) is 4.72. The number of hydrogen-bond donors (Lipinski definition) is 1. The standard InChI is InChI=1S/C14H25BrN4S/c1-5-16-14(17-7-6-8-20-4)19(3)11-13-9-12(15)10-18(13)2/h9-10H,5-8,11H2,1-4H3,(H,16,17). The molecule has 0 atom stereocenters. The van der Waals surface area contributed by atoms with Crippen molar-refractivity contribution >= 4 is 33.7 Å². The Kier molecular flexibility index (Phi) is 8.14. The van der Waals surface area contributed by atoms with Gasteiger partial charge in [0.2, 0.25) is 0 Å². The average Bonchev–Trinajstić information content (AvgIpc) is 2.71. The normalized spacial score (nSPS) is 11.8. The fraction of sp³-hybridized carbons (Fsp3) is 0.643. The quantitative estimate of drug-likeness (QED) is 0.461. The van der Waals surface area contributed by atoms with E-state index in [2.05, 4.69) is 75.2 Å². The van der Waals surface area contributed by atoms with E-state index in [1.54, 1.807) is 0 Å². The van der Waals surface area contributed by atoms with Crippen molar-refractivity contribution in [2.24, 2.45) is 12.0 Å². The molecule has 0 radical (unpaired) electrons. The molecule has 1 heterocycles. The molecule has 1 N–H and O–H groups in total. The minimum atomic E-state index is 0.844. The summed E-state index contributed by atoms with van der Waals surface area (Å²) < 4.78 is 3.25. The fourth-order valence-corrected chi connectivity index (χ4v) is 2.89. The van der Waals surface area contributed by atoms with Gasteiger partial charge in [-0.3, -0.25) is 4.99 Å². The third kappa shape index (κ3) is 5.79.